The second-order valence-corrected chi connectivity index (χ2v) is 7.22. The van der Waals surface area contributed by atoms with Crippen molar-refractivity contribution in [2.24, 2.45) is 0 Å². The first-order valence-electron chi connectivity index (χ1n) is 9.16. The fraction of sp³-hybridized carbons (Fsp3) is 0.474. The van der Waals surface area contributed by atoms with Gasteiger partial charge in [0.25, 0.3) is 0 Å². The lowest BCUT2D eigenvalue weighted by molar-refractivity contribution is -0.117. The average Bonchev–Trinajstić information content (AvgIpc) is 3.23. The Kier molecular flexibility index (Phi) is 4.79. The predicted molar refractivity (Wildman–Crippen MR) is 97.2 cm³/mol. The van der Waals surface area contributed by atoms with Crippen molar-refractivity contribution in [1.82, 2.24) is 30.2 Å². The molecule has 3 heterocycles. The Balaban J connectivity index is 1.47. The van der Waals surface area contributed by atoms with E-state index in [1.807, 2.05) is 29.3 Å². The number of aromatic nitrogens is 4. The number of hydrogen-bond acceptors (Lipinski definition) is 5. The minimum absolute atomic E-state index is 0.00854. The van der Waals surface area contributed by atoms with Crippen LogP contribution >= 0.6 is 0 Å². The van der Waals surface area contributed by atoms with E-state index in [0.717, 1.165) is 32.5 Å². The van der Waals surface area contributed by atoms with E-state index in [9.17, 15) is 4.79 Å². The van der Waals surface area contributed by atoms with Crippen LogP contribution in [0.15, 0.2) is 42.5 Å². The Hall–Kier alpha value is -2.54. The van der Waals surface area contributed by atoms with Crippen LogP contribution in [0.25, 0.3) is 0 Å². The van der Waals surface area contributed by atoms with E-state index < -0.39 is 0 Å². The number of carbonyl (C=O) groups is 1. The molecular weight excluding hydrogens is 328 g/mol. The molecule has 0 spiro atoms. The van der Waals surface area contributed by atoms with Crippen LogP contribution in [-0.4, -0.2) is 49.9 Å². The highest BCUT2D eigenvalue weighted by molar-refractivity contribution is 5.88. The molecule has 0 bridgehead atoms. The third-order valence-electron chi connectivity index (χ3n) is 5.35. The van der Waals surface area contributed by atoms with Gasteiger partial charge in [-0.2, -0.15) is 0 Å². The lowest BCUT2D eigenvalue weighted by Crippen LogP contribution is -2.41. The maximum Gasteiger partial charge on any atom is 0.244 e. The maximum absolute atomic E-state index is 12.4. The van der Waals surface area contributed by atoms with E-state index in [4.69, 9.17) is 0 Å². The highest BCUT2D eigenvalue weighted by Gasteiger charge is 2.35. The Morgan fingerprint density at radius 1 is 1.35 bits per heavy atom. The minimum atomic E-state index is 0.00854. The minimum Gasteiger partial charge on any atom is -0.346 e. The largest absolute Gasteiger partial charge is 0.346 e. The summed E-state index contributed by atoms with van der Waals surface area (Å²) in [5, 5.41) is 11.3. The fourth-order valence-corrected chi connectivity index (χ4v) is 3.64. The molecule has 1 aliphatic heterocycles. The van der Waals surface area contributed by atoms with Crippen LogP contribution < -0.4 is 5.32 Å². The molecule has 2 aromatic rings. The third kappa shape index (κ3) is 3.67. The van der Waals surface area contributed by atoms with Gasteiger partial charge >= 0.3 is 0 Å². The lowest BCUT2D eigenvalue weighted by Gasteiger charge is -2.20. The summed E-state index contributed by atoms with van der Waals surface area (Å²) in [6.45, 7) is 4.53. The number of pyridine rings is 1. The molecule has 4 rings (SSSR count). The molecular formula is C19H24N6O. The van der Waals surface area contributed by atoms with Gasteiger partial charge in [-0.15, -0.1) is 5.10 Å². The topological polar surface area (TPSA) is 75.9 Å². The van der Waals surface area contributed by atoms with Crippen LogP contribution in [0.3, 0.4) is 0 Å². The second-order valence-electron chi connectivity index (χ2n) is 7.22. The van der Waals surface area contributed by atoms with Crippen LogP contribution in [0.2, 0.25) is 0 Å². The smallest absolute Gasteiger partial charge is 0.244 e. The van der Waals surface area contributed by atoms with Crippen molar-refractivity contribution >= 4 is 5.91 Å². The number of aryl methyl sites for hydroxylation is 1. The second kappa shape index (κ2) is 7.37. The summed E-state index contributed by atoms with van der Waals surface area (Å²) in [5.74, 6) is 0.00854. The summed E-state index contributed by atoms with van der Waals surface area (Å²) in [6, 6.07) is 2.13. The van der Waals surface area contributed by atoms with Crippen molar-refractivity contribution in [3.63, 3.8) is 0 Å². The number of nitrogens with one attached hydrogen (secondary N) is 1. The molecule has 7 nitrogen and oxygen atoms in total. The first kappa shape index (κ1) is 16.9. The van der Waals surface area contributed by atoms with E-state index in [-0.39, 0.29) is 18.0 Å². The van der Waals surface area contributed by atoms with Gasteiger partial charge < -0.3 is 5.32 Å². The van der Waals surface area contributed by atoms with Crippen LogP contribution in [0.5, 0.6) is 0 Å². The molecule has 2 atom stereocenters. The summed E-state index contributed by atoms with van der Waals surface area (Å²) in [4.78, 5) is 19.0. The molecule has 2 aliphatic rings. The number of carbonyl (C=O) groups excluding carboxylic acids is 1. The third-order valence-corrected chi connectivity index (χ3v) is 5.35. The molecule has 2 aromatic heterocycles. The summed E-state index contributed by atoms with van der Waals surface area (Å²) in [7, 11) is 0. The van der Waals surface area contributed by atoms with Crippen molar-refractivity contribution < 1.29 is 4.79 Å². The highest BCUT2D eigenvalue weighted by atomic mass is 16.1. The van der Waals surface area contributed by atoms with Gasteiger partial charge in [-0.25, -0.2) is 4.68 Å². The Labute approximate surface area is 153 Å². The van der Waals surface area contributed by atoms with Crippen molar-refractivity contribution in [2.45, 2.75) is 44.8 Å². The maximum atomic E-state index is 12.4. The quantitative estimate of drug-likeness (QED) is 0.828. The van der Waals surface area contributed by atoms with E-state index in [2.05, 4.69) is 32.4 Å². The molecule has 1 aliphatic carbocycles. The van der Waals surface area contributed by atoms with Crippen LogP contribution in [0, 0.1) is 6.92 Å². The van der Waals surface area contributed by atoms with Crippen molar-refractivity contribution in [2.75, 3.05) is 13.1 Å². The van der Waals surface area contributed by atoms with E-state index in [1.54, 1.807) is 12.3 Å². The first-order valence-corrected chi connectivity index (χ1v) is 9.16. The number of nitrogens with zero attached hydrogens (tertiary/aromatic N) is 5. The van der Waals surface area contributed by atoms with Gasteiger partial charge in [0, 0.05) is 44.3 Å². The van der Waals surface area contributed by atoms with E-state index in [0.29, 0.717) is 0 Å². The zero-order valence-corrected chi connectivity index (χ0v) is 15.0. The van der Waals surface area contributed by atoms with Crippen LogP contribution in [0.4, 0.5) is 0 Å². The van der Waals surface area contributed by atoms with Gasteiger partial charge in [0.15, 0.2) is 0 Å². The van der Waals surface area contributed by atoms with Crippen molar-refractivity contribution in [3.8, 4) is 0 Å². The molecule has 1 saturated carbocycles. The van der Waals surface area contributed by atoms with Gasteiger partial charge in [-0.05, 0) is 43.4 Å². The Morgan fingerprint density at radius 3 is 2.92 bits per heavy atom. The summed E-state index contributed by atoms with van der Waals surface area (Å²) < 4.78 is 1.86. The SMILES string of the molecule is Cc1ccncc1CN1C[C@@H](NC(=O)C=C2CCC2)[C@@H](n2ccnn2)C1. The van der Waals surface area contributed by atoms with Crippen molar-refractivity contribution in [3.05, 3.63) is 53.6 Å². The van der Waals surface area contributed by atoms with Crippen LogP contribution in [0.1, 0.15) is 36.4 Å². The Bertz CT molecular complexity index is 794. The number of amides is 1. The molecule has 0 radical (unpaired) electrons. The summed E-state index contributed by atoms with van der Waals surface area (Å²) >= 11 is 0. The zero-order chi connectivity index (χ0) is 17.9. The van der Waals surface area contributed by atoms with Crippen molar-refractivity contribution in [1.29, 1.82) is 0 Å². The number of allylic oxidation sites excluding steroid dienone is 1. The zero-order valence-electron chi connectivity index (χ0n) is 15.0. The van der Waals surface area contributed by atoms with Gasteiger partial charge in [-0.3, -0.25) is 14.7 Å². The molecule has 1 amide bonds. The molecule has 2 fully saturated rings. The van der Waals surface area contributed by atoms with Gasteiger partial charge in [-0.1, -0.05) is 10.8 Å². The molecule has 7 heteroatoms. The highest BCUT2D eigenvalue weighted by Crippen LogP contribution is 2.26. The molecule has 26 heavy (non-hydrogen) atoms. The molecule has 0 aromatic carbocycles. The summed E-state index contributed by atoms with van der Waals surface area (Å²) in [5.41, 5.74) is 3.70. The number of hydrogen-bond donors (Lipinski definition) is 1. The average molecular weight is 352 g/mol. The van der Waals surface area contributed by atoms with E-state index >= 15 is 0 Å². The number of likely N-dealkylation sites (tertiary alicyclic amines) is 1. The van der Waals surface area contributed by atoms with E-state index in [1.165, 1.54) is 23.1 Å². The van der Waals surface area contributed by atoms with Gasteiger partial charge in [0.05, 0.1) is 18.3 Å². The van der Waals surface area contributed by atoms with Gasteiger partial charge in [0.1, 0.15) is 0 Å². The monoisotopic (exact) mass is 352 g/mol. The first-order chi connectivity index (χ1) is 12.7. The Morgan fingerprint density at radius 2 is 2.23 bits per heavy atom. The molecule has 0 unspecified atom stereocenters. The van der Waals surface area contributed by atoms with Crippen LogP contribution in [-0.2, 0) is 11.3 Å². The molecule has 1 N–H and O–H groups in total. The molecule has 1 saturated heterocycles. The predicted octanol–water partition coefficient (Wildman–Crippen LogP) is 1.63. The fourth-order valence-electron chi connectivity index (χ4n) is 3.64. The number of rotatable bonds is 5. The normalized spacial score (nSPS) is 22.9. The standard InChI is InChI=1S/C19H24N6O/c1-14-5-6-20-10-16(14)11-24-12-17(18(13-24)25-8-7-21-23-25)22-19(26)9-15-3-2-4-15/h5-10,17-18H,2-4,11-13H2,1H3,(H,22,26)/t17-,18+/m1/s1. The lowest BCUT2D eigenvalue weighted by atomic mass is 9.92. The molecule has 136 valence electrons. The summed E-state index contributed by atoms with van der Waals surface area (Å²) in [6.07, 6.45) is 12.4. The van der Waals surface area contributed by atoms with Gasteiger partial charge in [0.2, 0.25) is 5.91 Å².